The predicted molar refractivity (Wildman–Crippen MR) is 47.3 cm³/mol. The smallest absolute Gasteiger partial charge is 0.200 e. The molecule has 2 aromatic heterocycles. The molecular formula is C8H11N5. The van der Waals surface area contributed by atoms with Gasteiger partial charge < -0.3 is 0 Å². The lowest BCUT2D eigenvalue weighted by Crippen LogP contribution is -2.12. The van der Waals surface area contributed by atoms with E-state index < -0.39 is 0 Å². The van der Waals surface area contributed by atoms with Crippen molar-refractivity contribution in [3.8, 4) is 0 Å². The van der Waals surface area contributed by atoms with Crippen LogP contribution >= 0.6 is 0 Å². The molecule has 2 heterocycles. The van der Waals surface area contributed by atoms with Crippen molar-refractivity contribution in [2.75, 3.05) is 0 Å². The molecule has 5 heteroatoms. The van der Waals surface area contributed by atoms with Crippen LogP contribution in [0.3, 0.4) is 0 Å². The molecule has 0 saturated carbocycles. The molecule has 0 unspecified atom stereocenters. The van der Waals surface area contributed by atoms with Crippen molar-refractivity contribution in [1.29, 1.82) is 0 Å². The summed E-state index contributed by atoms with van der Waals surface area (Å²) < 4.78 is 1.45. The van der Waals surface area contributed by atoms with Crippen LogP contribution in [-0.4, -0.2) is 25.0 Å². The third-order valence-corrected chi connectivity index (χ3v) is 1.78. The second kappa shape index (κ2) is 2.48. The number of nitrogens with zero attached hydrogens (tertiary/aromatic N) is 5. The fourth-order valence-corrected chi connectivity index (χ4v) is 1.14. The second-order valence-electron chi connectivity index (χ2n) is 3.94. The molecule has 68 valence electrons. The van der Waals surface area contributed by atoms with Gasteiger partial charge in [0.1, 0.15) is 5.69 Å². The zero-order valence-electron chi connectivity index (χ0n) is 7.89. The molecule has 0 bridgehead atoms. The lowest BCUT2D eigenvalue weighted by Gasteiger charge is -2.13. The number of fused-ring (bicyclic) bond motifs is 1. The van der Waals surface area contributed by atoms with Gasteiger partial charge in [-0.1, -0.05) is 20.8 Å². The lowest BCUT2D eigenvalue weighted by atomic mass is 9.92. The molecule has 2 aromatic rings. The van der Waals surface area contributed by atoms with E-state index >= 15 is 0 Å². The summed E-state index contributed by atoms with van der Waals surface area (Å²) in [6.45, 7) is 6.23. The molecule has 13 heavy (non-hydrogen) atoms. The molecule has 0 aliphatic carbocycles. The monoisotopic (exact) mass is 177 g/mol. The van der Waals surface area contributed by atoms with Crippen LogP contribution in [0, 0.1) is 0 Å². The van der Waals surface area contributed by atoms with Gasteiger partial charge in [0.15, 0.2) is 5.65 Å². The summed E-state index contributed by atoms with van der Waals surface area (Å²) in [4.78, 5) is 4.18. The Kier molecular flexibility index (Phi) is 1.55. The van der Waals surface area contributed by atoms with Gasteiger partial charge in [-0.2, -0.15) is 5.10 Å². The molecule has 0 fully saturated rings. The van der Waals surface area contributed by atoms with E-state index in [9.17, 15) is 0 Å². The fraction of sp³-hybridized carbons (Fsp3) is 0.500. The summed E-state index contributed by atoms with van der Waals surface area (Å²) >= 11 is 0. The van der Waals surface area contributed by atoms with Crippen LogP contribution in [0.15, 0.2) is 12.4 Å². The van der Waals surface area contributed by atoms with E-state index in [0.717, 1.165) is 11.3 Å². The summed E-state index contributed by atoms with van der Waals surface area (Å²) in [5.41, 5.74) is 1.56. The van der Waals surface area contributed by atoms with Gasteiger partial charge in [-0.15, -0.1) is 9.73 Å². The molecule has 0 saturated heterocycles. The molecular weight excluding hydrogens is 166 g/mol. The Bertz CT molecular complexity index is 425. The maximum Gasteiger partial charge on any atom is 0.200 e. The van der Waals surface area contributed by atoms with Crippen molar-refractivity contribution >= 4 is 5.65 Å². The molecule has 0 aliphatic heterocycles. The van der Waals surface area contributed by atoms with Crippen LogP contribution in [0.25, 0.3) is 5.65 Å². The van der Waals surface area contributed by atoms with Crippen molar-refractivity contribution in [3.05, 3.63) is 18.1 Å². The van der Waals surface area contributed by atoms with Crippen LogP contribution in [0.5, 0.6) is 0 Å². The van der Waals surface area contributed by atoms with Crippen LogP contribution in [0.1, 0.15) is 26.5 Å². The highest BCUT2D eigenvalue weighted by Gasteiger charge is 2.21. The summed E-state index contributed by atoms with van der Waals surface area (Å²) in [5.74, 6) is 0. The van der Waals surface area contributed by atoms with Gasteiger partial charge in [-0.05, 0) is 5.21 Å². The minimum absolute atomic E-state index is 0.0439. The zero-order valence-corrected chi connectivity index (χ0v) is 7.89. The van der Waals surface area contributed by atoms with Crippen molar-refractivity contribution < 1.29 is 0 Å². The molecule has 0 aliphatic rings. The zero-order chi connectivity index (χ0) is 9.47. The first-order valence-corrected chi connectivity index (χ1v) is 4.12. The largest absolute Gasteiger partial charge is 0.232 e. The maximum absolute atomic E-state index is 4.18. The molecule has 0 atom stereocenters. The number of hydrogen-bond acceptors (Lipinski definition) is 4. The van der Waals surface area contributed by atoms with Gasteiger partial charge in [0.25, 0.3) is 0 Å². The lowest BCUT2D eigenvalue weighted by molar-refractivity contribution is 0.569. The Morgan fingerprint density at radius 3 is 2.69 bits per heavy atom. The summed E-state index contributed by atoms with van der Waals surface area (Å²) in [5, 5.41) is 11.9. The maximum atomic E-state index is 4.18. The molecule has 2 rings (SSSR count). The Morgan fingerprint density at radius 1 is 1.23 bits per heavy atom. The van der Waals surface area contributed by atoms with E-state index in [4.69, 9.17) is 0 Å². The highest BCUT2D eigenvalue weighted by atomic mass is 15.5. The summed E-state index contributed by atoms with van der Waals surface area (Å²) in [7, 11) is 0. The quantitative estimate of drug-likeness (QED) is 0.597. The van der Waals surface area contributed by atoms with E-state index in [0.29, 0.717) is 0 Å². The minimum atomic E-state index is -0.0439. The topological polar surface area (TPSA) is 56.0 Å². The Labute approximate surface area is 75.8 Å². The summed E-state index contributed by atoms with van der Waals surface area (Å²) in [6, 6.07) is 0. The Hall–Kier alpha value is -1.52. The van der Waals surface area contributed by atoms with Gasteiger partial charge in [-0.25, -0.2) is 4.98 Å². The van der Waals surface area contributed by atoms with Crippen LogP contribution in [0.2, 0.25) is 0 Å². The molecule has 0 amide bonds. The van der Waals surface area contributed by atoms with Crippen LogP contribution < -0.4 is 0 Å². The number of hydrogen-bond donors (Lipinski definition) is 0. The van der Waals surface area contributed by atoms with Gasteiger partial charge in [0, 0.05) is 11.6 Å². The van der Waals surface area contributed by atoms with E-state index in [1.165, 1.54) is 4.63 Å². The third-order valence-electron chi connectivity index (χ3n) is 1.78. The first-order chi connectivity index (χ1) is 6.09. The SMILES string of the molecule is CC(C)(C)c1nnn2nccnc12. The van der Waals surface area contributed by atoms with Crippen LogP contribution in [-0.2, 0) is 5.41 Å². The Morgan fingerprint density at radius 2 is 2.00 bits per heavy atom. The summed E-state index contributed by atoms with van der Waals surface area (Å²) in [6.07, 6.45) is 3.24. The average molecular weight is 177 g/mol. The van der Waals surface area contributed by atoms with Crippen molar-refractivity contribution in [3.63, 3.8) is 0 Å². The standard InChI is InChI=1S/C8H11N5/c1-8(2,3)6-7-9-4-5-10-13(7)12-11-6/h4-5H,1-3H3. The fourth-order valence-electron chi connectivity index (χ4n) is 1.14. The van der Waals surface area contributed by atoms with Gasteiger partial charge in [0.2, 0.25) is 0 Å². The minimum Gasteiger partial charge on any atom is -0.232 e. The molecule has 0 radical (unpaired) electrons. The molecule has 0 N–H and O–H groups in total. The van der Waals surface area contributed by atoms with E-state index in [1.807, 2.05) is 0 Å². The molecule has 0 aromatic carbocycles. The molecule has 5 nitrogen and oxygen atoms in total. The van der Waals surface area contributed by atoms with Crippen LogP contribution in [0.4, 0.5) is 0 Å². The predicted octanol–water partition coefficient (Wildman–Crippen LogP) is 0.817. The Balaban J connectivity index is 2.72. The number of aromatic nitrogens is 5. The van der Waals surface area contributed by atoms with Gasteiger partial charge >= 0.3 is 0 Å². The third kappa shape index (κ3) is 1.26. The highest BCUT2D eigenvalue weighted by Crippen LogP contribution is 2.21. The van der Waals surface area contributed by atoms with Crippen molar-refractivity contribution in [1.82, 2.24) is 25.0 Å². The van der Waals surface area contributed by atoms with E-state index in [1.54, 1.807) is 12.4 Å². The average Bonchev–Trinajstić information content (AvgIpc) is 2.45. The van der Waals surface area contributed by atoms with E-state index in [2.05, 4.69) is 41.2 Å². The molecule has 0 spiro atoms. The first kappa shape index (κ1) is 8.10. The van der Waals surface area contributed by atoms with E-state index in [-0.39, 0.29) is 5.41 Å². The van der Waals surface area contributed by atoms with Crippen molar-refractivity contribution in [2.24, 2.45) is 0 Å². The first-order valence-electron chi connectivity index (χ1n) is 4.12. The highest BCUT2D eigenvalue weighted by molar-refractivity contribution is 5.43. The van der Waals surface area contributed by atoms with Gasteiger partial charge in [-0.3, -0.25) is 0 Å². The normalized spacial score (nSPS) is 12.2. The second-order valence-corrected chi connectivity index (χ2v) is 3.94. The van der Waals surface area contributed by atoms with Crippen molar-refractivity contribution in [2.45, 2.75) is 26.2 Å². The van der Waals surface area contributed by atoms with Gasteiger partial charge in [0.05, 0.1) is 6.20 Å². The number of rotatable bonds is 0.